The maximum Gasteiger partial charge on any atom is 0.432 e. The average molecular weight is 602 g/mol. The lowest BCUT2D eigenvalue weighted by Gasteiger charge is -2.19. The predicted octanol–water partition coefficient (Wildman–Crippen LogP) is 6.03. The number of nitrogens with one attached hydrogen (secondary N) is 4. The van der Waals surface area contributed by atoms with Crippen LogP contribution in [0.1, 0.15) is 43.6 Å². The van der Waals surface area contributed by atoms with Crippen molar-refractivity contribution in [2.24, 2.45) is 0 Å². The van der Waals surface area contributed by atoms with Crippen LogP contribution in [0, 0.1) is 11.2 Å². The number of carbonyl (C=O) groups excluding carboxylic acids is 2. The smallest absolute Gasteiger partial charge is 0.432 e. The van der Waals surface area contributed by atoms with Crippen LogP contribution in [0.25, 0.3) is 0 Å². The second-order valence-corrected chi connectivity index (χ2v) is 10.4. The van der Waals surface area contributed by atoms with Gasteiger partial charge in [0.25, 0.3) is 5.91 Å². The summed E-state index contributed by atoms with van der Waals surface area (Å²) in [5.41, 5.74) is 3.71. The number of allylic oxidation sites excluding steroid dienone is 1. The van der Waals surface area contributed by atoms with Gasteiger partial charge in [0.2, 0.25) is 0 Å². The SMILES string of the molecule is CC(C)(C)OC(=O)NCc1cccc(N/C(=C\C(=N)C(F)(F)F)C(=O)Nc2cc(C(O)c3ccc(N)cc3)ccc2F)c1. The molecule has 7 N–H and O–H groups in total. The van der Waals surface area contributed by atoms with Gasteiger partial charge in [0.1, 0.15) is 28.9 Å². The zero-order valence-corrected chi connectivity index (χ0v) is 23.5. The summed E-state index contributed by atoms with van der Waals surface area (Å²) in [4.78, 5) is 25.1. The maximum absolute atomic E-state index is 14.7. The van der Waals surface area contributed by atoms with E-state index in [0.29, 0.717) is 16.8 Å². The highest BCUT2D eigenvalue weighted by Crippen LogP contribution is 2.27. The molecule has 0 fully saturated rings. The molecule has 43 heavy (non-hydrogen) atoms. The summed E-state index contributed by atoms with van der Waals surface area (Å²) in [5.74, 6) is -2.11. The van der Waals surface area contributed by atoms with Crippen molar-refractivity contribution in [1.82, 2.24) is 5.32 Å². The molecule has 0 bridgehead atoms. The summed E-state index contributed by atoms with van der Waals surface area (Å²) in [6.45, 7) is 5.08. The number of aliphatic hydroxyl groups is 1. The van der Waals surface area contributed by atoms with Crippen LogP contribution in [-0.4, -0.2) is 34.6 Å². The summed E-state index contributed by atoms with van der Waals surface area (Å²) >= 11 is 0. The Balaban J connectivity index is 1.84. The van der Waals surface area contributed by atoms with Gasteiger partial charge in [0.05, 0.1) is 5.69 Å². The van der Waals surface area contributed by atoms with E-state index in [-0.39, 0.29) is 23.9 Å². The molecule has 1 atom stereocenters. The number of amides is 2. The summed E-state index contributed by atoms with van der Waals surface area (Å²) < 4.78 is 59.5. The van der Waals surface area contributed by atoms with Gasteiger partial charge in [-0.25, -0.2) is 9.18 Å². The van der Waals surface area contributed by atoms with E-state index in [0.717, 1.165) is 12.1 Å². The van der Waals surface area contributed by atoms with Crippen molar-refractivity contribution in [2.45, 2.75) is 45.2 Å². The number of alkyl halides is 3. The van der Waals surface area contributed by atoms with Gasteiger partial charge in [-0.1, -0.05) is 30.3 Å². The molecule has 3 aromatic carbocycles. The minimum atomic E-state index is -5.07. The Bertz CT molecular complexity index is 1520. The largest absolute Gasteiger partial charge is 0.444 e. The standard InChI is InChI=1S/C30H31F4N5O4/c1-29(2,3)43-28(42)37-16-17-5-4-6-21(13-17)38-24(15-25(36)30(32,33)34)27(41)39-23-14-19(9-12-22(23)31)26(40)18-7-10-20(35)11-8-18/h4-15,26,36,38,40H,16,35H2,1-3H3,(H,37,42)(H,39,41)/b24-15-,36-25?. The van der Waals surface area contributed by atoms with Crippen LogP contribution in [0.2, 0.25) is 0 Å². The second-order valence-electron chi connectivity index (χ2n) is 10.4. The summed E-state index contributed by atoms with van der Waals surface area (Å²) in [5, 5.41) is 25.4. The first-order valence-electron chi connectivity index (χ1n) is 12.9. The number of nitrogens with two attached hydrogens (primary N) is 1. The predicted molar refractivity (Wildman–Crippen MR) is 155 cm³/mol. The third-order valence-electron chi connectivity index (χ3n) is 5.69. The third-order valence-corrected chi connectivity index (χ3v) is 5.69. The van der Waals surface area contributed by atoms with Gasteiger partial charge in [0, 0.05) is 17.9 Å². The fourth-order valence-corrected chi connectivity index (χ4v) is 3.66. The first kappa shape index (κ1) is 32.6. The number of hydrogen-bond donors (Lipinski definition) is 6. The van der Waals surface area contributed by atoms with Gasteiger partial charge in [-0.2, -0.15) is 13.2 Å². The molecule has 0 aliphatic carbocycles. The minimum Gasteiger partial charge on any atom is -0.444 e. The monoisotopic (exact) mass is 601 g/mol. The van der Waals surface area contributed by atoms with Crippen molar-refractivity contribution in [3.8, 4) is 0 Å². The molecule has 13 heteroatoms. The van der Waals surface area contributed by atoms with Gasteiger partial charge in [0.15, 0.2) is 0 Å². The number of alkyl carbamates (subject to hydrolysis) is 1. The van der Waals surface area contributed by atoms with E-state index in [1.807, 2.05) is 0 Å². The number of aliphatic hydroxyl groups excluding tert-OH is 1. The van der Waals surface area contributed by atoms with Gasteiger partial charge in [-0.3, -0.25) is 10.2 Å². The first-order chi connectivity index (χ1) is 20.0. The van der Waals surface area contributed by atoms with Gasteiger partial charge in [-0.05, 0) is 79.9 Å². The summed E-state index contributed by atoms with van der Waals surface area (Å²) in [7, 11) is 0. The summed E-state index contributed by atoms with van der Waals surface area (Å²) in [6.07, 6.45) is -6.71. The Labute approximate surface area is 245 Å². The van der Waals surface area contributed by atoms with Crippen molar-refractivity contribution in [1.29, 1.82) is 5.41 Å². The van der Waals surface area contributed by atoms with Gasteiger partial charge in [-0.15, -0.1) is 0 Å². The normalized spacial score (nSPS) is 12.7. The van der Waals surface area contributed by atoms with Crippen LogP contribution in [0.15, 0.2) is 78.5 Å². The number of halogens is 4. The molecule has 2 amide bonds. The zero-order chi connectivity index (χ0) is 31.9. The highest BCUT2D eigenvalue weighted by Gasteiger charge is 2.33. The van der Waals surface area contributed by atoms with E-state index in [4.69, 9.17) is 15.9 Å². The van der Waals surface area contributed by atoms with Crippen molar-refractivity contribution >= 4 is 34.8 Å². The van der Waals surface area contributed by atoms with E-state index in [1.165, 1.54) is 24.3 Å². The number of hydrogen-bond acceptors (Lipinski definition) is 7. The number of ether oxygens (including phenoxy) is 1. The Morgan fingerprint density at radius 2 is 1.65 bits per heavy atom. The molecule has 3 aromatic rings. The van der Waals surface area contributed by atoms with Crippen LogP contribution < -0.4 is 21.7 Å². The molecule has 0 radical (unpaired) electrons. The van der Waals surface area contributed by atoms with Crippen molar-refractivity contribution in [3.63, 3.8) is 0 Å². The van der Waals surface area contributed by atoms with Crippen LogP contribution in [0.4, 0.5) is 39.4 Å². The highest BCUT2D eigenvalue weighted by molar-refractivity contribution is 6.11. The van der Waals surface area contributed by atoms with Crippen molar-refractivity contribution < 1.29 is 37.0 Å². The van der Waals surface area contributed by atoms with Crippen LogP contribution in [-0.2, 0) is 16.1 Å². The van der Waals surface area contributed by atoms with E-state index in [2.05, 4.69) is 16.0 Å². The maximum atomic E-state index is 14.7. The van der Waals surface area contributed by atoms with Crippen LogP contribution in [0.5, 0.6) is 0 Å². The lowest BCUT2D eigenvalue weighted by molar-refractivity contribution is -0.112. The van der Waals surface area contributed by atoms with Crippen molar-refractivity contribution in [3.05, 3.63) is 101 Å². The molecule has 0 aromatic heterocycles. The molecule has 0 saturated carbocycles. The van der Waals surface area contributed by atoms with Gasteiger partial charge < -0.3 is 31.5 Å². The average Bonchev–Trinajstić information content (AvgIpc) is 2.91. The van der Waals surface area contributed by atoms with Crippen molar-refractivity contribution in [2.75, 3.05) is 16.4 Å². The fourth-order valence-electron chi connectivity index (χ4n) is 3.66. The zero-order valence-electron chi connectivity index (χ0n) is 23.5. The molecular formula is C30H31F4N5O4. The number of benzene rings is 3. The Morgan fingerprint density at radius 3 is 2.28 bits per heavy atom. The molecule has 3 rings (SSSR count). The highest BCUT2D eigenvalue weighted by atomic mass is 19.4. The topological polar surface area (TPSA) is 150 Å². The molecule has 1 unspecified atom stereocenters. The second kappa shape index (κ2) is 13.4. The van der Waals surface area contributed by atoms with Gasteiger partial charge >= 0.3 is 12.3 Å². The number of anilines is 3. The molecule has 228 valence electrons. The minimum absolute atomic E-state index is 0.00237. The quantitative estimate of drug-likeness (QED) is 0.0763. The van der Waals surface area contributed by atoms with E-state index in [1.54, 1.807) is 51.1 Å². The molecular weight excluding hydrogens is 570 g/mol. The fraction of sp³-hybridized carbons (Fsp3) is 0.233. The number of rotatable bonds is 9. The Hall–Kier alpha value is -4.91. The lowest BCUT2D eigenvalue weighted by atomic mass is 10.0. The van der Waals surface area contributed by atoms with E-state index in [9.17, 15) is 32.3 Å². The molecule has 0 aliphatic rings. The first-order valence-corrected chi connectivity index (χ1v) is 12.9. The Morgan fingerprint density at radius 1 is 1.00 bits per heavy atom. The number of nitrogen functional groups attached to an aromatic ring is 1. The Kier molecular flexibility index (Phi) is 10.1. The molecule has 0 aliphatic heterocycles. The molecule has 9 nitrogen and oxygen atoms in total. The third kappa shape index (κ3) is 9.85. The molecule has 0 heterocycles. The lowest BCUT2D eigenvalue weighted by Crippen LogP contribution is -2.32. The molecule has 0 spiro atoms. The summed E-state index contributed by atoms with van der Waals surface area (Å²) in [6, 6.07) is 15.7. The van der Waals surface area contributed by atoms with E-state index >= 15 is 0 Å². The molecule has 0 saturated heterocycles. The number of carbonyl (C=O) groups is 2. The van der Waals surface area contributed by atoms with E-state index < -0.39 is 52.8 Å². The van der Waals surface area contributed by atoms with Crippen LogP contribution in [0.3, 0.4) is 0 Å². The van der Waals surface area contributed by atoms with Crippen LogP contribution >= 0.6 is 0 Å².